The molecule has 2 nitrogen and oxygen atoms in total. The first kappa shape index (κ1) is 23.2. The van der Waals surface area contributed by atoms with Crippen LogP contribution in [-0.4, -0.2) is 16.3 Å². The minimum Gasteiger partial charge on any atom is -0.508 e. The molecular weight excluding hydrogens is 356 g/mol. The summed E-state index contributed by atoms with van der Waals surface area (Å²) >= 11 is 0. The van der Waals surface area contributed by atoms with Gasteiger partial charge in [-0.2, -0.15) is 0 Å². The second-order valence-corrected chi connectivity index (χ2v) is 9.23. The van der Waals surface area contributed by atoms with Crippen LogP contribution in [0.5, 0.6) is 5.75 Å². The van der Waals surface area contributed by atoms with Crippen LogP contribution in [0.25, 0.3) is 6.08 Å². The van der Waals surface area contributed by atoms with Crippen LogP contribution < -0.4 is 0 Å². The maximum atomic E-state index is 10.4. The number of aliphatic hydroxyl groups is 1. The number of phenolic OH excluding ortho intramolecular Hbond substituents is 1. The van der Waals surface area contributed by atoms with Gasteiger partial charge in [0.05, 0.1) is 6.10 Å². The molecule has 2 heteroatoms. The van der Waals surface area contributed by atoms with Crippen molar-refractivity contribution in [2.24, 2.45) is 5.41 Å². The van der Waals surface area contributed by atoms with Crippen LogP contribution in [0, 0.1) is 12.3 Å². The van der Waals surface area contributed by atoms with Crippen molar-refractivity contribution < 1.29 is 10.2 Å². The summed E-state index contributed by atoms with van der Waals surface area (Å²) in [5.74, 6) is 0.349. The fourth-order valence-electron chi connectivity index (χ4n) is 4.04. The molecule has 0 saturated heterocycles. The van der Waals surface area contributed by atoms with Crippen LogP contribution in [0.1, 0.15) is 82.2 Å². The third kappa shape index (κ3) is 4.93. The van der Waals surface area contributed by atoms with Crippen LogP contribution in [0.4, 0.5) is 0 Å². The van der Waals surface area contributed by atoms with Crippen molar-refractivity contribution in [3.8, 4) is 5.75 Å². The van der Waals surface area contributed by atoms with Gasteiger partial charge in [0.2, 0.25) is 0 Å². The third-order valence-electron chi connectivity index (χ3n) is 6.38. The molecule has 29 heavy (non-hydrogen) atoms. The molecule has 0 radical (unpaired) electrons. The fourth-order valence-corrected chi connectivity index (χ4v) is 4.04. The van der Waals surface area contributed by atoms with Crippen molar-refractivity contribution in [2.75, 3.05) is 0 Å². The van der Waals surface area contributed by atoms with E-state index in [-0.39, 0.29) is 10.8 Å². The van der Waals surface area contributed by atoms with Crippen molar-refractivity contribution in [3.05, 3.63) is 70.3 Å². The molecule has 0 aromatic heterocycles. The van der Waals surface area contributed by atoms with Crippen molar-refractivity contribution in [2.45, 2.75) is 79.2 Å². The average molecular weight is 395 g/mol. The quantitative estimate of drug-likeness (QED) is 0.543. The Bertz CT molecular complexity index is 851. The van der Waals surface area contributed by atoms with Gasteiger partial charge in [0, 0.05) is 5.41 Å². The van der Waals surface area contributed by atoms with E-state index in [9.17, 15) is 10.2 Å². The number of aliphatic hydroxyl groups excluding tert-OH is 1. The number of aryl methyl sites for hydroxylation is 2. The summed E-state index contributed by atoms with van der Waals surface area (Å²) in [7, 11) is 0. The van der Waals surface area contributed by atoms with Gasteiger partial charge in [0.25, 0.3) is 0 Å². The van der Waals surface area contributed by atoms with Crippen LogP contribution in [0.3, 0.4) is 0 Å². The lowest BCUT2D eigenvalue weighted by molar-refractivity contribution is 0.106. The Kier molecular flexibility index (Phi) is 7.35. The number of phenols is 1. The van der Waals surface area contributed by atoms with Crippen molar-refractivity contribution in [1.29, 1.82) is 0 Å². The zero-order valence-corrected chi connectivity index (χ0v) is 19.2. The molecule has 0 heterocycles. The van der Waals surface area contributed by atoms with Gasteiger partial charge in [-0.05, 0) is 65.5 Å². The number of hydrogen-bond acceptors (Lipinski definition) is 2. The minimum absolute atomic E-state index is 0.0739. The highest BCUT2D eigenvalue weighted by atomic mass is 16.3. The van der Waals surface area contributed by atoms with E-state index in [4.69, 9.17) is 0 Å². The van der Waals surface area contributed by atoms with Gasteiger partial charge in [-0.15, -0.1) is 0 Å². The first-order valence-corrected chi connectivity index (χ1v) is 10.9. The molecule has 0 bridgehead atoms. The lowest BCUT2D eigenvalue weighted by Crippen LogP contribution is -2.26. The van der Waals surface area contributed by atoms with Crippen molar-refractivity contribution >= 4 is 6.08 Å². The Morgan fingerprint density at radius 1 is 0.931 bits per heavy atom. The zero-order valence-electron chi connectivity index (χ0n) is 19.2. The van der Waals surface area contributed by atoms with E-state index < -0.39 is 6.10 Å². The first-order valence-electron chi connectivity index (χ1n) is 10.9. The van der Waals surface area contributed by atoms with E-state index >= 15 is 0 Å². The van der Waals surface area contributed by atoms with E-state index in [1.165, 1.54) is 22.3 Å². The van der Waals surface area contributed by atoms with Gasteiger partial charge in [-0.25, -0.2) is 0 Å². The van der Waals surface area contributed by atoms with Gasteiger partial charge in [-0.3, -0.25) is 0 Å². The Morgan fingerprint density at radius 3 is 2.03 bits per heavy atom. The Labute approximate surface area is 177 Å². The Morgan fingerprint density at radius 2 is 1.52 bits per heavy atom. The highest BCUT2D eigenvalue weighted by Crippen LogP contribution is 2.41. The predicted octanol–water partition coefficient (Wildman–Crippen LogP) is 6.79. The molecule has 2 aromatic rings. The number of hydrogen-bond donors (Lipinski definition) is 2. The first-order chi connectivity index (χ1) is 13.6. The SMILES string of the molecule is CCc1cc(C(CC)(CC)c2ccc(O)c(C)c2)ccc1C=CC(O)C(C)(C)C. The molecule has 0 amide bonds. The lowest BCUT2D eigenvalue weighted by Gasteiger charge is -2.34. The predicted molar refractivity (Wildman–Crippen MR) is 125 cm³/mol. The van der Waals surface area contributed by atoms with Crippen LogP contribution in [-0.2, 0) is 11.8 Å². The summed E-state index contributed by atoms with van der Waals surface area (Å²) in [6.45, 7) is 14.8. The monoisotopic (exact) mass is 394 g/mol. The van der Waals surface area contributed by atoms with Gasteiger partial charge in [0.15, 0.2) is 0 Å². The summed E-state index contributed by atoms with van der Waals surface area (Å²) in [6.07, 6.45) is 6.42. The largest absolute Gasteiger partial charge is 0.508 e. The molecule has 2 N–H and O–H groups in total. The molecule has 0 fully saturated rings. The minimum atomic E-state index is -0.475. The van der Waals surface area contributed by atoms with Crippen molar-refractivity contribution in [3.63, 3.8) is 0 Å². The van der Waals surface area contributed by atoms with Gasteiger partial charge < -0.3 is 10.2 Å². The number of rotatable bonds is 7. The van der Waals surface area contributed by atoms with E-state index in [1.54, 1.807) is 0 Å². The molecule has 2 rings (SSSR count). The van der Waals surface area contributed by atoms with Gasteiger partial charge in [0.1, 0.15) is 5.75 Å². The maximum absolute atomic E-state index is 10.4. The second-order valence-electron chi connectivity index (χ2n) is 9.23. The maximum Gasteiger partial charge on any atom is 0.118 e. The van der Waals surface area contributed by atoms with Crippen molar-refractivity contribution in [1.82, 2.24) is 0 Å². The summed E-state index contributed by atoms with van der Waals surface area (Å²) in [5, 5.41) is 20.3. The molecule has 158 valence electrons. The molecule has 0 aliphatic rings. The Hall–Kier alpha value is -2.06. The summed E-state index contributed by atoms with van der Waals surface area (Å²) in [5.41, 5.74) is 5.71. The second kappa shape index (κ2) is 9.17. The summed E-state index contributed by atoms with van der Waals surface area (Å²) in [4.78, 5) is 0. The summed E-state index contributed by atoms with van der Waals surface area (Å²) < 4.78 is 0. The van der Waals surface area contributed by atoms with E-state index in [0.717, 1.165) is 24.8 Å². The molecule has 1 unspecified atom stereocenters. The molecular formula is C27H38O2. The lowest BCUT2D eigenvalue weighted by atomic mass is 9.69. The number of benzene rings is 2. The van der Waals surface area contributed by atoms with E-state index in [0.29, 0.717) is 5.75 Å². The number of aromatic hydroxyl groups is 1. The average Bonchev–Trinajstić information content (AvgIpc) is 2.69. The van der Waals surface area contributed by atoms with Crippen LogP contribution >= 0.6 is 0 Å². The zero-order chi connectivity index (χ0) is 21.8. The molecule has 0 aliphatic heterocycles. The normalized spacial score (nSPS) is 13.8. The van der Waals surface area contributed by atoms with Gasteiger partial charge in [-0.1, -0.05) is 84.0 Å². The summed E-state index contributed by atoms with van der Waals surface area (Å²) in [6, 6.07) is 12.8. The topological polar surface area (TPSA) is 40.5 Å². The molecule has 0 spiro atoms. The van der Waals surface area contributed by atoms with Crippen LogP contribution in [0.2, 0.25) is 0 Å². The molecule has 1 atom stereocenters. The molecule has 0 saturated carbocycles. The fraction of sp³-hybridized carbons (Fsp3) is 0.481. The highest BCUT2D eigenvalue weighted by molar-refractivity contribution is 5.57. The highest BCUT2D eigenvalue weighted by Gasteiger charge is 2.31. The standard InChI is InChI=1S/C27H38O2/c1-8-20-18-23(13-11-21(20)12-16-25(29)26(5,6)7)27(9-2,10-3)22-14-15-24(28)19(4)17-22/h11-18,25,28-29H,8-10H2,1-7H3. The van der Waals surface area contributed by atoms with E-state index in [1.807, 2.05) is 39.8 Å². The van der Waals surface area contributed by atoms with Crippen LogP contribution in [0.15, 0.2) is 42.5 Å². The molecule has 2 aromatic carbocycles. The third-order valence-corrected chi connectivity index (χ3v) is 6.38. The van der Waals surface area contributed by atoms with E-state index in [2.05, 4.69) is 57.2 Å². The smallest absolute Gasteiger partial charge is 0.118 e. The Balaban J connectivity index is 2.51. The molecule has 0 aliphatic carbocycles. The van der Waals surface area contributed by atoms with Gasteiger partial charge >= 0.3 is 0 Å².